The van der Waals surface area contributed by atoms with E-state index in [4.69, 9.17) is 4.74 Å². The van der Waals surface area contributed by atoms with Crippen molar-refractivity contribution in [2.75, 3.05) is 6.54 Å². The van der Waals surface area contributed by atoms with E-state index in [-0.39, 0.29) is 18.4 Å². The molecule has 0 fully saturated rings. The van der Waals surface area contributed by atoms with Crippen LogP contribution < -0.4 is 4.74 Å². The Morgan fingerprint density at radius 3 is 2.59 bits per heavy atom. The average molecular weight is 462 g/mol. The Morgan fingerprint density at radius 2 is 1.91 bits per heavy atom. The quantitative estimate of drug-likeness (QED) is 0.427. The first-order valence-electron chi connectivity index (χ1n) is 11.2. The summed E-state index contributed by atoms with van der Waals surface area (Å²) in [7, 11) is -3.23. The molecule has 0 amide bonds. The van der Waals surface area contributed by atoms with Crippen molar-refractivity contribution in [1.82, 2.24) is 4.31 Å². The minimum Gasteiger partial charge on any atom is -0.487 e. The number of carboxylic acids is 1. The molecule has 0 bridgehead atoms. The third-order valence-corrected chi connectivity index (χ3v) is 7.92. The fourth-order valence-corrected chi connectivity index (χ4v) is 5.81. The van der Waals surface area contributed by atoms with Crippen LogP contribution in [0.4, 0.5) is 0 Å². The van der Waals surface area contributed by atoms with E-state index >= 15 is 0 Å². The van der Waals surface area contributed by atoms with Gasteiger partial charge in [-0.2, -0.15) is 4.31 Å². The van der Waals surface area contributed by atoms with E-state index in [1.54, 1.807) is 22.5 Å². The lowest BCUT2D eigenvalue weighted by Crippen LogP contribution is -2.33. The predicted octanol–water partition coefficient (Wildman–Crippen LogP) is 6.30. The van der Waals surface area contributed by atoms with Crippen LogP contribution in [-0.4, -0.2) is 37.1 Å². The van der Waals surface area contributed by atoms with Gasteiger partial charge in [-0.25, -0.2) is 0 Å². The first kappa shape index (κ1) is 24.6. The molecule has 1 heterocycles. The second kappa shape index (κ2) is 10.3. The highest BCUT2D eigenvalue weighted by Gasteiger charge is 2.34. The molecule has 176 valence electrons. The number of aliphatic carboxylic acids is 1. The number of fused-ring (bicyclic) bond motifs is 1. The number of para-hydroxylation sites is 1. The smallest absolute Gasteiger partial charge is 0.303 e. The molecule has 0 aromatic heterocycles. The largest absolute Gasteiger partial charge is 0.487 e. The Balaban J connectivity index is 1.91. The van der Waals surface area contributed by atoms with Crippen LogP contribution in [0.1, 0.15) is 62.6 Å². The Bertz CT molecular complexity index is 946. The summed E-state index contributed by atoms with van der Waals surface area (Å²) < 4.78 is 30.0. The number of benzene rings is 2. The van der Waals surface area contributed by atoms with Gasteiger partial charge < -0.3 is 9.84 Å². The zero-order valence-electron chi connectivity index (χ0n) is 19.3. The number of aryl methyl sites for hydroxylation is 1. The number of ether oxygens (including phenoxy) is 1. The van der Waals surface area contributed by atoms with Crippen LogP contribution in [-0.2, 0) is 11.3 Å². The molecule has 2 aromatic carbocycles. The van der Waals surface area contributed by atoms with Crippen molar-refractivity contribution in [3.63, 3.8) is 0 Å². The SMILES string of the molecule is Cc1ccc(C(CCC(C)C)CC(=O)O)cc1CN1CC(C)Oc2ccccc2S1(O)O. The fourth-order valence-electron chi connectivity index (χ4n) is 4.15. The van der Waals surface area contributed by atoms with Crippen molar-refractivity contribution in [1.29, 1.82) is 0 Å². The lowest BCUT2D eigenvalue weighted by molar-refractivity contribution is -0.137. The zero-order chi connectivity index (χ0) is 23.5. The van der Waals surface area contributed by atoms with Crippen LogP contribution in [0.15, 0.2) is 47.4 Å². The van der Waals surface area contributed by atoms with Crippen LogP contribution in [0.5, 0.6) is 5.75 Å². The first-order valence-corrected chi connectivity index (χ1v) is 12.7. The van der Waals surface area contributed by atoms with Crippen molar-refractivity contribution in [2.45, 2.75) is 70.4 Å². The van der Waals surface area contributed by atoms with Gasteiger partial charge >= 0.3 is 5.97 Å². The Hall–Kier alpha value is -2.06. The molecule has 1 aliphatic rings. The summed E-state index contributed by atoms with van der Waals surface area (Å²) in [6, 6.07) is 13.1. The third-order valence-electron chi connectivity index (χ3n) is 6.00. The summed E-state index contributed by atoms with van der Waals surface area (Å²) in [6.07, 6.45) is 1.65. The summed E-state index contributed by atoms with van der Waals surface area (Å²) in [5.74, 6) is 0.137. The Morgan fingerprint density at radius 1 is 1.19 bits per heavy atom. The van der Waals surface area contributed by atoms with Gasteiger partial charge in [0.2, 0.25) is 0 Å². The lowest BCUT2D eigenvalue weighted by Gasteiger charge is -2.42. The molecule has 0 radical (unpaired) electrons. The topological polar surface area (TPSA) is 90.2 Å². The normalized spacial score (nSPS) is 20.2. The lowest BCUT2D eigenvalue weighted by atomic mass is 9.87. The number of nitrogens with zero attached hydrogens (tertiary/aromatic N) is 1. The molecule has 7 heteroatoms. The van der Waals surface area contributed by atoms with Crippen LogP contribution in [0, 0.1) is 12.8 Å². The van der Waals surface area contributed by atoms with Crippen LogP contribution in [0.3, 0.4) is 0 Å². The summed E-state index contributed by atoms with van der Waals surface area (Å²) in [6.45, 7) is 8.91. The molecule has 1 aliphatic heterocycles. The number of rotatable bonds is 8. The molecule has 2 aromatic rings. The predicted molar refractivity (Wildman–Crippen MR) is 128 cm³/mol. The molecule has 3 rings (SSSR count). The van der Waals surface area contributed by atoms with Gasteiger partial charge in [0.1, 0.15) is 16.7 Å². The van der Waals surface area contributed by atoms with E-state index in [9.17, 15) is 19.0 Å². The van der Waals surface area contributed by atoms with Crippen LogP contribution in [0.25, 0.3) is 0 Å². The van der Waals surface area contributed by atoms with Crippen LogP contribution >= 0.6 is 10.8 Å². The maximum absolute atomic E-state index is 11.5. The van der Waals surface area contributed by atoms with Gasteiger partial charge in [0.05, 0.1) is 13.0 Å². The zero-order valence-corrected chi connectivity index (χ0v) is 20.1. The van der Waals surface area contributed by atoms with Crippen LogP contribution in [0.2, 0.25) is 0 Å². The molecule has 0 aliphatic carbocycles. The fraction of sp³-hybridized carbons (Fsp3) is 0.480. The third kappa shape index (κ3) is 5.84. The molecule has 0 saturated carbocycles. The maximum Gasteiger partial charge on any atom is 0.303 e. The number of hydrogen-bond acceptors (Lipinski definition) is 5. The monoisotopic (exact) mass is 461 g/mol. The van der Waals surface area contributed by atoms with Gasteiger partial charge in [0, 0.05) is 6.54 Å². The Kier molecular flexibility index (Phi) is 7.88. The van der Waals surface area contributed by atoms with Crippen molar-refractivity contribution in [3.05, 3.63) is 59.2 Å². The van der Waals surface area contributed by atoms with Gasteiger partial charge in [-0.05, 0) is 60.9 Å². The van der Waals surface area contributed by atoms with Gasteiger partial charge in [-0.1, -0.05) is 50.6 Å². The second-order valence-corrected chi connectivity index (χ2v) is 11.2. The summed E-state index contributed by atoms with van der Waals surface area (Å²) in [5, 5.41) is 9.43. The first-order chi connectivity index (χ1) is 15.1. The van der Waals surface area contributed by atoms with Gasteiger partial charge in [-0.15, -0.1) is 10.8 Å². The number of carbonyl (C=O) groups is 1. The summed E-state index contributed by atoms with van der Waals surface area (Å²) in [4.78, 5) is 11.9. The summed E-state index contributed by atoms with van der Waals surface area (Å²) >= 11 is 0. The van der Waals surface area contributed by atoms with E-state index in [2.05, 4.69) is 13.8 Å². The number of carboxylic acid groups (broad SMARTS) is 1. The minimum absolute atomic E-state index is 0.0678. The van der Waals surface area contributed by atoms with E-state index in [0.29, 0.717) is 29.7 Å². The molecule has 0 spiro atoms. The molecule has 2 atom stereocenters. The standard InChI is InChI=1S/C25H35NO5S/c1-17(2)9-11-21(14-25(27)28)20-12-10-18(3)22(13-20)16-26-15-19(4)31-23-7-5-6-8-24(23)32(26,29)30/h5-8,10,12-13,17,19,21,29-30H,9,11,14-16H2,1-4H3,(H,27,28). The highest BCUT2D eigenvalue weighted by molar-refractivity contribution is 8.22. The van der Waals surface area contributed by atoms with E-state index < -0.39 is 16.7 Å². The van der Waals surface area contributed by atoms with Crippen molar-refractivity contribution in [3.8, 4) is 5.75 Å². The van der Waals surface area contributed by atoms with Gasteiger partial charge in [0.15, 0.2) is 0 Å². The molecule has 3 N–H and O–H groups in total. The van der Waals surface area contributed by atoms with E-state index in [1.807, 2.05) is 38.1 Å². The molecule has 32 heavy (non-hydrogen) atoms. The van der Waals surface area contributed by atoms with E-state index in [1.165, 1.54) is 0 Å². The van der Waals surface area contributed by atoms with Gasteiger partial charge in [0.25, 0.3) is 0 Å². The minimum atomic E-state index is -3.23. The summed E-state index contributed by atoms with van der Waals surface area (Å²) in [5.41, 5.74) is 2.99. The van der Waals surface area contributed by atoms with Crippen molar-refractivity contribution in [2.24, 2.45) is 5.92 Å². The molecular weight excluding hydrogens is 426 g/mol. The maximum atomic E-state index is 11.5. The van der Waals surface area contributed by atoms with Crippen molar-refractivity contribution < 1.29 is 23.7 Å². The molecule has 0 saturated heterocycles. The number of hydrogen-bond donors (Lipinski definition) is 3. The highest BCUT2D eigenvalue weighted by atomic mass is 32.3. The highest BCUT2D eigenvalue weighted by Crippen LogP contribution is 2.57. The molecule has 2 unspecified atom stereocenters. The van der Waals surface area contributed by atoms with Crippen molar-refractivity contribution >= 4 is 16.7 Å². The molecular formula is C25H35NO5S. The molecule has 6 nitrogen and oxygen atoms in total. The second-order valence-electron chi connectivity index (χ2n) is 9.17. The Labute approximate surface area is 192 Å². The average Bonchev–Trinajstić information content (AvgIpc) is 2.80. The van der Waals surface area contributed by atoms with Gasteiger partial charge in [-0.3, -0.25) is 13.9 Å². The van der Waals surface area contributed by atoms with E-state index in [0.717, 1.165) is 29.5 Å².